The van der Waals surface area contributed by atoms with Crippen LogP contribution in [-0.4, -0.2) is 76.4 Å². The molecule has 16 heteroatoms. The molecule has 0 radical (unpaired) electrons. The number of hydrogen-bond acceptors (Lipinski definition) is 10. The molecule has 4 atom stereocenters. The number of H-pyrrole nitrogens is 1. The highest BCUT2D eigenvalue weighted by atomic mass is 32.1. The lowest BCUT2D eigenvalue weighted by molar-refractivity contribution is -0.188. The third kappa shape index (κ3) is 10.9. The lowest BCUT2D eigenvalue weighted by atomic mass is 10.0. The summed E-state index contributed by atoms with van der Waals surface area (Å²) in [6, 6.07) is 30.9. The van der Waals surface area contributed by atoms with Crippen LogP contribution in [0.4, 0.5) is 4.79 Å². The first-order valence-corrected chi connectivity index (χ1v) is 20.2. The zero-order valence-corrected chi connectivity index (χ0v) is 36.5. The van der Waals surface area contributed by atoms with E-state index in [1.807, 2.05) is 78.9 Å². The molecule has 0 unspecified atom stereocenters. The van der Waals surface area contributed by atoms with Gasteiger partial charge < -0.3 is 34.1 Å². The second kappa shape index (κ2) is 22.3. The minimum Gasteiger partial charge on any atom is -0.453 e. The Labute approximate surface area is 381 Å². The third-order valence-electron chi connectivity index (χ3n) is 11.2. The molecule has 0 saturated carbocycles. The number of hydrogen-bond donors (Lipinski definition) is 2. The number of oxazole rings is 1. The van der Waals surface area contributed by atoms with E-state index in [0.29, 0.717) is 30.3 Å². The Morgan fingerprint density at radius 1 is 0.841 bits per heavy atom. The van der Waals surface area contributed by atoms with Gasteiger partial charge in [-0.05, 0) is 72.9 Å². The number of carbonyl (C=O) groups is 3. The van der Waals surface area contributed by atoms with Crippen molar-refractivity contribution < 1.29 is 33.3 Å². The fourth-order valence-electron chi connectivity index (χ4n) is 8.18. The third-order valence-corrected chi connectivity index (χ3v) is 11.2. The van der Waals surface area contributed by atoms with E-state index in [2.05, 4.69) is 49.4 Å². The van der Waals surface area contributed by atoms with Crippen LogP contribution in [0.25, 0.3) is 22.4 Å². The molecule has 332 valence electrons. The number of methoxy groups -OCH3 is 1. The molecular formula is C47H55N7O7S2. The average molecular weight is 894 g/mol. The van der Waals surface area contributed by atoms with Crippen molar-refractivity contribution >= 4 is 62.3 Å². The molecule has 8 rings (SSSR count). The summed E-state index contributed by atoms with van der Waals surface area (Å²) in [5.74, 6) is 1.51. The summed E-state index contributed by atoms with van der Waals surface area (Å²) in [6.45, 7) is 1.13. The number of nitrogens with zero attached hydrogens (tertiary/aromatic N) is 5. The van der Waals surface area contributed by atoms with Crippen LogP contribution >= 0.6 is 27.0 Å². The van der Waals surface area contributed by atoms with Crippen molar-refractivity contribution in [2.24, 2.45) is 4.99 Å². The van der Waals surface area contributed by atoms with E-state index in [1.54, 1.807) is 16.0 Å². The van der Waals surface area contributed by atoms with Gasteiger partial charge in [-0.2, -0.15) is 31.9 Å². The number of fused-ring (bicyclic) bond motifs is 1. The van der Waals surface area contributed by atoms with E-state index in [4.69, 9.17) is 19.0 Å². The Hall–Kier alpha value is -6.10. The zero-order valence-electron chi connectivity index (χ0n) is 34.5. The fourth-order valence-corrected chi connectivity index (χ4v) is 8.18. The lowest BCUT2D eigenvalue weighted by Gasteiger charge is -2.28. The Balaban J connectivity index is 0.00000249. The second-order valence-electron chi connectivity index (χ2n) is 14.9. The number of nitrogens with one attached hydrogen (secondary N) is 2. The van der Waals surface area contributed by atoms with Crippen LogP contribution in [0.2, 0.25) is 0 Å². The van der Waals surface area contributed by atoms with Crippen molar-refractivity contribution in [3.05, 3.63) is 143 Å². The maximum Gasteiger partial charge on any atom is 0.407 e. The number of aromatic nitrogens is 3. The molecule has 2 aromatic heterocycles. The minimum absolute atomic E-state index is 0. The van der Waals surface area contributed by atoms with Crippen LogP contribution in [0.5, 0.6) is 0 Å². The normalized spacial score (nSPS) is 16.7. The number of ether oxygens (including phenoxy) is 1. The Kier molecular flexibility index (Phi) is 17.0. The van der Waals surface area contributed by atoms with Crippen molar-refractivity contribution in [1.82, 2.24) is 30.1 Å². The van der Waals surface area contributed by atoms with Gasteiger partial charge in [0.25, 0.3) is 11.8 Å². The summed E-state index contributed by atoms with van der Waals surface area (Å²) in [5.41, 5.74) is 6.42. The van der Waals surface area contributed by atoms with Crippen LogP contribution in [0.3, 0.4) is 0 Å². The molecule has 2 saturated heterocycles. The van der Waals surface area contributed by atoms with Gasteiger partial charge in [-0.3, -0.25) is 9.59 Å². The van der Waals surface area contributed by atoms with Crippen molar-refractivity contribution in [3.8, 4) is 11.3 Å². The number of benzene rings is 4. The molecule has 2 aliphatic rings. The number of rotatable bonds is 14. The molecular weight excluding hydrogens is 839 g/mol. The Morgan fingerprint density at radius 3 is 2.16 bits per heavy atom. The Bertz CT molecular complexity index is 2450. The number of likely N-dealkylation sites (tertiary alicyclic amines) is 2. The summed E-state index contributed by atoms with van der Waals surface area (Å²) in [6.07, 6.45) is 7.00. The predicted octanol–water partition coefficient (Wildman–Crippen LogP) is 8.64. The number of carbonyl (C=O) groups excluding carboxylic acids is 3. The molecule has 63 heavy (non-hydrogen) atoms. The van der Waals surface area contributed by atoms with Gasteiger partial charge in [-0.15, -0.1) is 0 Å². The summed E-state index contributed by atoms with van der Waals surface area (Å²) < 4.78 is 11.1. The van der Waals surface area contributed by atoms with E-state index in [0.717, 1.165) is 78.5 Å². The molecule has 14 nitrogen and oxygen atoms in total. The molecule has 2 fully saturated rings. The van der Waals surface area contributed by atoms with Gasteiger partial charge in [0.1, 0.15) is 17.9 Å². The summed E-state index contributed by atoms with van der Waals surface area (Å²) in [7, 11) is 2.66. The highest BCUT2D eigenvalue weighted by molar-refractivity contribution is 7.59. The Morgan fingerprint density at radius 2 is 1.48 bits per heavy atom. The molecule has 4 aromatic carbocycles. The largest absolute Gasteiger partial charge is 0.453 e. The van der Waals surface area contributed by atoms with Gasteiger partial charge in [0.05, 0.1) is 37.5 Å². The van der Waals surface area contributed by atoms with Crippen LogP contribution < -0.4 is 5.32 Å². The summed E-state index contributed by atoms with van der Waals surface area (Å²) in [5, 5.41) is 2.72. The van der Waals surface area contributed by atoms with Crippen LogP contribution in [0.1, 0.15) is 91.2 Å². The van der Waals surface area contributed by atoms with E-state index in [9.17, 15) is 14.4 Å². The molecule has 2 N–H and O–H groups in total. The van der Waals surface area contributed by atoms with Crippen molar-refractivity contribution in [3.63, 3.8) is 0 Å². The molecule has 0 spiro atoms. The van der Waals surface area contributed by atoms with Crippen molar-refractivity contribution in [2.45, 2.75) is 70.1 Å². The molecule has 4 heterocycles. The first-order valence-electron chi connectivity index (χ1n) is 20.2. The topological polar surface area (TPSA) is 164 Å². The maximum absolute atomic E-state index is 13.9. The number of amides is 3. The molecule has 0 aliphatic carbocycles. The second-order valence-corrected chi connectivity index (χ2v) is 14.9. The quantitative estimate of drug-likeness (QED) is 0.0472. The number of aliphatic imine (C=N–C) groups is 1. The van der Waals surface area contributed by atoms with Crippen LogP contribution in [0, 0.1) is 0 Å². The number of alkyl carbamates (subject to hydrolysis) is 1. The molecule has 3 amide bonds. The predicted molar refractivity (Wildman–Crippen MR) is 251 cm³/mol. The zero-order chi connectivity index (χ0) is 41.4. The number of aromatic amines is 1. The van der Waals surface area contributed by atoms with Gasteiger partial charge in [0.2, 0.25) is 12.3 Å². The first kappa shape index (κ1) is 47.9. The maximum atomic E-state index is 13.9. The SMILES string of the molecule is C.COOC=N[C@@H](C(=O)N1CCC[C@H]1c1ncc(-c2ccc(CCc3ccc4nc([C@@H]5CCCN5C(=O)[C@H](NC(=O)OC)c5ccccc5)[nH]c4c3)cc2)o1)c1ccccc1.S.S. The summed E-state index contributed by atoms with van der Waals surface area (Å²) >= 11 is 0. The monoisotopic (exact) mass is 893 g/mol. The minimum atomic E-state index is -0.875. The molecule has 0 bridgehead atoms. The van der Waals surface area contributed by atoms with Crippen LogP contribution in [0.15, 0.2) is 119 Å². The van der Waals surface area contributed by atoms with Gasteiger partial charge in [0, 0.05) is 18.7 Å². The van der Waals surface area contributed by atoms with E-state index in [1.165, 1.54) is 19.8 Å². The summed E-state index contributed by atoms with van der Waals surface area (Å²) in [4.78, 5) is 70.5. The number of imidazole rings is 1. The highest BCUT2D eigenvalue weighted by Crippen LogP contribution is 2.37. The van der Waals surface area contributed by atoms with E-state index < -0.39 is 18.2 Å². The average Bonchev–Trinajstić information content (AvgIpc) is 4.13. The molecule has 6 aromatic rings. The number of aryl methyl sites for hydroxylation is 2. The van der Waals surface area contributed by atoms with E-state index in [-0.39, 0.29) is 58.3 Å². The fraction of sp³-hybridized carbons (Fsp3) is 0.319. The molecule has 2 aliphatic heterocycles. The lowest BCUT2D eigenvalue weighted by Crippen LogP contribution is -2.42. The van der Waals surface area contributed by atoms with Gasteiger partial charge >= 0.3 is 6.09 Å². The smallest absolute Gasteiger partial charge is 0.407 e. The van der Waals surface area contributed by atoms with Crippen molar-refractivity contribution in [2.75, 3.05) is 27.3 Å². The van der Waals surface area contributed by atoms with Crippen LogP contribution in [-0.2, 0) is 36.9 Å². The van der Waals surface area contributed by atoms with Gasteiger partial charge in [-0.25, -0.2) is 19.8 Å². The first-order chi connectivity index (χ1) is 29.4. The standard InChI is InChI=1S/C46H47N7O7.CH4.2H2S/c1-57-46(56)51-41(34-13-7-4-8-14-34)45(55)52-25-9-15-37(52)42-49-35-24-21-31(27-36(35)50-42)18-17-30-19-22-32(23-20-30)39-28-47-43(60-39)38-16-10-26-53(38)44(54)40(48-29-59-58-2)33-11-5-3-6-12-33;;;/h3-8,11-14,19-24,27-29,37-38,40-41H,9-10,15-18,25-26H2,1-2H3,(H,49,50)(H,51,56);1H4;2*1H2/t37-,38-,40+,41+;;;/m0.../s1. The van der Waals surface area contributed by atoms with Crippen molar-refractivity contribution in [1.29, 1.82) is 0 Å². The van der Waals surface area contributed by atoms with Gasteiger partial charge in [-0.1, -0.05) is 98.4 Å². The highest BCUT2D eigenvalue weighted by Gasteiger charge is 2.38. The van der Waals surface area contributed by atoms with Gasteiger partial charge in [0.15, 0.2) is 11.8 Å². The van der Waals surface area contributed by atoms with E-state index >= 15 is 0 Å².